The van der Waals surface area contributed by atoms with E-state index in [2.05, 4.69) is 23.9 Å². The van der Waals surface area contributed by atoms with Crippen LogP contribution < -0.4 is 0 Å². The summed E-state index contributed by atoms with van der Waals surface area (Å²) in [7, 11) is 0. The Kier molecular flexibility index (Phi) is 5.26. The molecule has 1 fully saturated rings. The molecule has 0 atom stereocenters. The zero-order chi connectivity index (χ0) is 18.1. The molecule has 0 aromatic carbocycles. The van der Waals surface area contributed by atoms with Gasteiger partial charge < -0.3 is 9.26 Å². The molecule has 0 spiro atoms. The number of nitrogens with zero attached hydrogens (tertiary/aromatic N) is 4. The molecule has 26 heavy (non-hydrogen) atoms. The van der Waals surface area contributed by atoms with Crippen LogP contribution in [0, 0.1) is 20.8 Å². The summed E-state index contributed by atoms with van der Waals surface area (Å²) in [5.41, 5.74) is 2.22. The first-order valence-electron chi connectivity index (χ1n) is 8.72. The third kappa shape index (κ3) is 3.78. The van der Waals surface area contributed by atoms with Gasteiger partial charge in [-0.2, -0.15) is 0 Å². The number of hydrogen-bond acceptors (Lipinski definition) is 8. The van der Waals surface area contributed by atoms with Crippen LogP contribution in [0.4, 0.5) is 0 Å². The van der Waals surface area contributed by atoms with Crippen molar-refractivity contribution in [2.75, 3.05) is 26.3 Å². The van der Waals surface area contributed by atoms with Crippen molar-refractivity contribution in [3.63, 3.8) is 0 Å². The Morgan fingerprint density at radius 2 is 2.00 bits per heavy atom. The number of rotatable bonds is 5. The molecule has 4 heterocycles. The van der Waals surface area contributed by atoms with Crippen LogP contribution in [0.3, 0.4) is 0 Å². The van der Waals surface area contributed by atoms with Crippen molar-refractivity contribution in [3.05, 3.63) is 33.8 Å². The van der Waals surface area contributed by atoms with Crippen LogP contribution in [0.25, 0.3) is 10.2 Å². The van der Waals surface area contributed by atoms with Crippen LogP contribution in [-0.4, -0.2) is 46.3 Å². The number of aryl methyl sites for hydroxylation is 3. The van der Waals surface area contributed by atoms with Gasteiger partial charge in [0.25, 0.3) is 0 Å². The van der Waals surface area contributed by atoms with Crippen LogP contribution >= 0.6 is 23.1 Å². The van der Waals surface area contributed by atoms with Gasteiger partial charge in [-0.3, -0.25) is 4.90 Å². The molecular weight excluding hydrogens is 368 g/mol. The molecule has 1 aliphatic heterocycles. The molecule has 3 aromatic heterocycles. The molecular formula is C18H22N4O2S2. The predicted molar refractivity (Wildman–Crippen MR) is 104 cm³/mol. The number of thioether (sulfide) groups is 1. The lowest BCUT2D eigenvalue weighted by Gasteiger charge is -2.25. The second kappa shape index (κ2) is 7.64. The first-order chi connectivity index (χ1) is 12.6. The quantitative estimate of drug-likeness (QED) is 0.486. The van der Waals surface area contributed by atoms with Gasteiger partial charge in [0.15, 0.2) is 0 Å². The Hall–Kier alpha value is -1.48. The summed E-state index contributed by atoms with van der Waals surface area (Å²) in [5.74, 6) is 2.47. The highest BCUT2D eigenvalue weighted by Gasteiger charge is 2.18. The number of fused-ring (bicyclic) bond motifs is 1. The van der Waals surface area contributed by atoms with E-state index in [0.29, 0.717) is 0 Å². The largest absolute Gasteiger partial charge is 0.379 e. The van der Waals surface area contributed by atoms with Crippen LogP contribution in [0.1, 0.15) is 27.7 Å². The number of hydrogen-bond donors (Lipinski definition) is 0. The summed E-state index contributed by atoms with van der Waals surface area (Å²) in [5, 5.41) is 6.32. The van der Waals surface area contributed by atoms with Crippen LogP contribution in [0.15, 0.2) is 15.6 Å². The highest BCUT2D eigenvalue weighted by Crippen LogP contribution is 2.36. The first kappa shape index (κ1) is 17.9. The summed E-state index contributed by atoms with van der Waals surface area (Å²) in [6, 6.07) is 1.98. The minimum Gasteiger partial charge on any atom is -0.379 e. The van der Waals surface area contributed by atoms with Gasteiger partial charge in [0, 0.05) is 35.2 Å². The number of thiophene rings is 1. The maximum absolute atomic E-state index is 5.44. The third-order valence-corrected chi connectivity index (χ3v) is 6.65. The lowest BCUT2D eigenvalue weighted by molar-refractivity contribution is 0.0330. The van der Waals surface area contributed by atoms with Gasteiger partial charge in [-0.05, 0) is 26.3 Å². The van der Waals surface area contributed by atoms with Gasteiger partial charge in [-0.15, -0.1) is 11.3 Å². The Labute approximate surface area is 160 Å². The normalized spacial score (nSPS) is 15.8. The van der Waals surface area contributed by atoms with Crippen molar-refractivity contribution in [2.45, 2.75) is 38.1 Å². The van der Waals surface area contributed by atoms with Crippen LogP contribution in [0.2, 0.25) is 0 Å². The van der Waals surface area contributed by atoms with Gasteiger partial charge in [0.2, 0.25) is 0 Å². The standard InChI is InChI=1S/C18H22N4O2S2/c1-11-8-14(21-24-11)10-25-17-16-12(2)13(3)26-18(16)20-15(19-17)9-22-4-6-23-7-5-22/h8H,4-7,9-10H2,1-3H3. The molecule has 4 rings (SSSR count). The van der Waals surface area contributed by atoms with E-state index in [1.54, 1.807) is 23.1 Å². The highest BCUT2D eigenvalue weighted by molar-refractivity contribution is 7.98. The fourth-order valence-corrected chi connectivity index (χ4v) is 5.11. The lowest BCUT2D eigenvalue weighted by Crippen LogP contribution is -2.36. The molecule has 138 valence electrons. The third-order valence-electron chi connectivity index (χ3n) is 4.54. The van der Waals surface area contributed by atoms with E-state index in [1.807, 2.05) is 13.0 Å². The zero-order valence-electron chi connectivity index (χ0n) is 15.2. The fraction of sp³-hybridized carbons (Fsp3) is 0.500. The van der Waals surface area contributed by atoms with Crippen LogP contribution in [0.5, 0.6) is 0 Å². The Morgan fingerprint density at radius 3 is 2.73 bits per heavy atom. The van der Waals surface area contributed by atoms with Crippen molar-refractivity contribution in [1.29, 1.82) is 0 Å². The molecule has 3 aromatic rings. The van der Waals surface area contributed by atoms with Gasteiger partial charge >= 0.3 is 0 Å². The first-order valence-corrected chi connectivity index (χ1v) is 10.5. The SMILES string of the molecule is Cc1cc(CSc2nc(CN3CCOCC3)nc3sc(C)c(C)c23)no1. The van der Waals surface area contributed by atoms with Crippen molar-refractivity contribution in [1.82, 2.24) is 20.0 Å². The molecule has 6 nitrogen and oxygen atoms in total. The topological polar surface area (TPSA) is 64.3 Å². The van der Waals surface area contributed by atoms with E-state index in [-0.39, 0.29) is 0 Å². The molecule has 0 radical (unpaired) electrons. The molecule has 0 bridgehead atoms. The second-order valence-electron chi connectivity index (χ2n) is 6.51. The average Bonchev–Trinajstić information content (AvgIpc) is 3.17. The number of ether oxygens (including phenoxy) is 1. The van der Waals surface area contributed by atoms with Crippen molar-refractivity contribution >= 4 is 33.3 Å². The molecule has 0 aliphatic carbocycles. The summed E-state index contributed by atoms with van der Waals surface area (Å²) >= 11 is 3.46. The van der Waals surface area contributed by atoms with Crippen molar-refractivity contribution < 1.29 is 9.26 Å². The van der Waals surface area contributed by atoms with Crippen molar-refractivity contribution in [3.8, 4) is 0 Å². The molecule has 8 heteroatoms. The minimum atomic E-state index is 0.745. The lowest BCUT2D eigenvalue weighted by atomic mass is 10.2. The number of morpholine rings is 1. The van der Waals surface area contributed by atoms with Gasteiger partial charge in [0.1, 0.15) is 21.4 Å². The zero-order valence-corrected chi connectivity index (χ0v) is 16.9. The smallest absolute Gasteiger partial charge is 0.145 e. The minimum absolute atomic E-state index is 0.745. The van der Waals surface area contributed by atoms with Crippen LogP contribution in [-0.2, 0) is 17.0 Å². The highest BCUT2D eigenvalue weighted by atomic mass is 32.2. The molecule has 1 saturated heterocycles. The Balaban J connectivity index is 1.63. The van der Waals surface area contributed by atoms with E-state index < -0.39 is 0 Å². The van der Waals surface area contributed by atoms with Gasteiger partial charge in [-0.1, -0.05) is 16.9 Å². The van der Waals surface area contributed by atoms with E-state index in [9.17, 15) is 0 Å². The maximum Gasteiger partial charge on any atom is 0.145 e. The summed E-state index contributed by atoms with van der Waals surface area (Å²) in [4.78, 5) is 14.5. The van der Waals surface area contributed by atoms with E-state index >= 15 is 0 Å². The molecule has 1 aliphatic rings. The van der Waals surface area contributed by atoms with E-state index in [0.717, 1.165) is 65.7 Å². The van der Waals surface area contributed by atoms with E-state index in [4.69, 9.17) is 19.2 Å². The Morgan fingerprint density at radius 1 is 1.19 bits per heavy atom. The molecule has 0 saturated carbocycles. The van der Waals surface area contributed by atoms with Gasteiger partial charge in [0.05, 0.1) is 25.5 Å². The molecule has 0 unspecified atom stereocenters. The second-order valence-corrected chi connectivity index (χ2v) is 8.68. The summed E-state index contributed by atoms with van der Waals surface area (Å²) in [6.45, 7) is 10.4. The predicted octanol–water partition coefficient (Wildman–Crippen LogP) is 3.73. The van der Waals surface area contributed by atoms with Gasteiger partial charge in [-0.25, -0.2) is 9.97 Å². The summed E-state index contributed by atoms with van der Waals surface area (Å²) in [6.07, 6.45) is 0. The number of aromatic nitrogens is 3. The van der Waals surface area contributed by atoms with Crippen molar-refractivity contribution in [2.24, 2.45) is 0 Å². The average molecular weight is 391 g/mol. The summed E-state index contributed by atoms with van der Waals surface area (Å²) < 4.78 is 10.6. The fourth-order valence-electron chi connectivity index (χ4n) is 3.02. The molecule has 0 N–H and O–H groups in total. The monoisotopic (exact) mass is 390 g/mol. The molecule has 0 amide bonds. The van der Waals surface area contributed by atoms with E-state index in [1.165, 1.54) is 15.8 Å². The maximum atomic E-state index is 5.44. The Bertz CT molecular complexity index is 915.